The van der Waals surface area contributed by atoms with Gasteiger partial charge in [-0.05, 0) is 63.6 Å². The first-order valence-corrected chi connectivity index (χ1v) is 13.9. The number of hydrogen-bond acceptors (Lipinski definition) is 8. The van der Waals surface area contributed by atoms with Gasteiger partial charge in [0, 0.05) is 38.6 Å². The van der Waals surface area contributed by atoms with E-state index in [0.29, 0.717) is 52.2 Å². The Hall–Kier alpha value is -2.40. The van der Waals surface area contributed by atoms with Crippen LogP contribution >= 0.6 is 0 Å². The molecule has 2 aliphatic heterocycles. The van der Waals surface area contributed by atoms with E-state index in [1.54, 1.807) is 19.1 Å². The molecule has 0 aromatic heterocycles. The number of benzene rings is 1. The highest BCUT2D eigenvalue weighted by atomic mass is 16.7. The maximum Gasteiger partial charge on any atom is 0.410 e. The third kappa shape index (κ3) is 6.04. The van der Waals surface area contributed by atoms with Gasteiger partial charge >= 0.3 is 6.09 Å². The summed E-state index contributed by atoms with van der Waals surface area (Å²) in [5, 5.41) is 10.5. The second-order valence-corrected chi connectivity index (χ2v) is 11.7. The summed E-state index contributed by atoms with van der Waals surface area (Å²) in [6, 6.07) is 7.31. The van der Waals surface area contributed by atoms with Crippen molar-refractivity contribution in [1.29, 1.82) is 0 Å². The van der Waals surface area contributed by atoms with Crippen molar-refractivity contribution in [2.45, 2.75) is 63.8 Å². The standard InChI is InChI=1S/C29H44N2O8/c1-28(2,3)39-27(34)30-12-10-24-23-16-21(18-32)25(30)29(24,11-13-37-19-38-15-14-35-4)31(26(23)33)17-20-6-8-22(36-5)9-7-20/h6-9,21,23-25,32H,10-19H2,1-5H3/t21-,23+,24+,25-,29-/m0/s1. The molecule has 0 radical (unpaired) electrons. The van der Waals surface area contributed by atoms with Gasteiger partial charge in [-0.2, -0.15) is 0 Å². The van der Waals surface area contributed by atoms with Gasteiger partial charge in [0.15, 0.2) is 0 Å². The Morgan fingerprint density at radius 2 is 1.82 bits per heavy atom. The van der Waals surface area contributed by atoms with Gasteiger partial charge in [0.1, 0.15) is 18.1 Å². The predicted octanol–water partition coefficient (Wildman–Crippen LogP) is 3.06. The van der Waals surface area contributed by atoms with Gasteiger partial charge in [-0.3, -0.25) is 4.79 Å². The van der Waals surface area contributed by atoms with Crippen LogP contribution in [0.2, 0.25) is 0 Å². The van der Waals surface area contributed by atoms with Gasteiger partial charge in [0.25, 0.3) is 0 Å². The molecule has 3 aliphatic rings. The Morgan fingerprint density at radius 1 is 1.10 bits per heavy atom. The highest BCUT2D eigenvalue weighted by molar-refractivity contribution is 5.85. The molecule has 5 atom stereocenters. The second-order valence-electron chi connectivity index (χ2n) is 11.7. The number of piperidine rings is 1. The van der Waals surface area contributed by atoms with E-state index < -0.39 is 23.3 Å². The van der Waals surface area contributed by atoms with Gasteiger partial charge in [-0.1, -0.05) is 12.1 Å². The number of aliphatic hydroxyl groups excluding tert-OH is 1. The van der Waals surface area contributed by atoms with Crippen LogP contribution in [0.25, 0.3) is 0 Å². The van der Waals surface area contributed by atoms with Crippen LogP contribution in [0.4, 0.5) is 4.79 Å². The molecule has 39 heavy (non-hydrogen) atoms. The lowest BCUT2D eigenvalue weighted by atomic mass is 9.58. The van der Waals surface area contributed by atoms with Crippen molar-refractivity contribution in [1.82, 2.24) is 9.80 Å². The van der Waals surface area contributed by atoms with Crippen LogP contribution in [0.15, 0.2) is 24.3 Å². The van der Waals surface area contributed by atoms with Gasteiger partial charge < -0.3 is 38.6 Å². The molecule has 2 heterocycles. The smallest absolute Gasteiger partial charge is 0.410 e. The van der Waals surface area contributed by atoms with Crippen molar-refractivity contribution in [3.8, 4) is 5.75 Å². The van der Waals surface area contributed by atoms with Gasteiger partial charge in [0.05, 0.1) is 38.5 Å². The third-order valence-electron chi connectivity index (χ3n) is 8.35. The molecule has 10 heteroatoms. The maximum atomic E-state index is 14.0. The van der Waals surface area contributed by atoms with Crippen molar-refractivity contribution >= 4 is 12.0 Å². The second kappa shape index (κ2) is 12.4. The zero-order valence-corrected chi connectivity index (χ0v) is 23.9. The number of likely N-dealkylation sites (tertiary alicyclic amines) is 2. The van der Waals surface area contributed by atoms with Crippen LogP contribution in [0.5, 0.6) is 5.75 Å². The summed E-state index contributed by atoms with van der Waals surface area (Å²) in [7, 11) is 3.24. The van der Waals surface area contributed by atoms with E-state index in [1.165, 1.54) is 0 Å². The summed E-state index contributed by atoms with van der Waals surface area (Å²) >= 11 is 0. The highest BCUT2D eigenvalue weighted by Crippen LogP contribution is 2.58. The molecule has 2 amide bonds. The van der Waals surface area contributed by atoms with E-state index in [0.717, 1.165) is 11.3 Å². The number of nitrogens with zero attached hydrogens (tertiary/aromatic N) is 2. The van der Waals surface area contributed by atoms with Crippen LogP contribution in [0.1, 0.15) is 45.6 Å². The van der Waals surface area contributed by atoms with Crippen molar-refractivity contribution < 1.29 is 38.4 Å². The van der Waals surface area contributed by atoms with E-state index in [2.05, 4.69) is 0 Å². The largest absolute Gasteiger partial charge is 0.497 e. The van der Waals surface area contributed by atoms with Crippen molar-refractivity contribution in [3.05, 3.63) is 29.8 Å². The molecule has 0 spiro atoms. The summed E-state index contributed by atoms with van der Waals surface area (Å²) in [4.78, 5) is 31.3. The van der Waals surface area contributed by atoms with E-state index >= 15 is 0 Å². The summed E-state index contributed by atoms with van der Waals surface area (Å²) in [5.74, 6) is 0.430. The van der Waals surface area contributed by atoms with Crippen LogP contribution in [0.3, 0.4) is 0 Å². The maximum absolute atomic E-state index is 14.0. The van der Waals surface area contributed by atoms with Gasteiger partial charge in [-0.25, -0.2) is 4.79 Å². The number of hydrogen-bond donors (Lipinski definition) is 1. The van der Waals surface area contributed by atoms with Crippen LogP contribution in [-0.2, 0) is 30.3 Å². The average Bonchev–Trinajstić information content (AvgIpc) is 3.05. The molecule has 1 N–H and O–H groups in total. The monoisotopic (exact) mass is 548 g/mol. The first-order valence-electron chi connectivity index (χ1n) is 13.9. The molecule has 10 nitrogen and oxygen atoms in total. The zero-order valence-electron chi connectivity index (χ0n) is 23.9. The molecule has 4 rings (SSSR count). The van der Waals surface area contributed by atoms with E-state index in [-0.39, 0.29) is 37.1 Å². The number of ether oxygens (including phenoxy) is 5. The number of carbonyl (C=O) groups excluding carboxylic acids is 2. The molecule has 3 fully saturated rings. The van der Waals surface area contributed by atoms with Gasteiger partial charge in [0.2, 0.25) is 5.91 Å². The fraction of sp³-hybridized carbons (Fsp3) is 0.724. The average molecular weight is 549 g/mol. The number of carbonyl (C=O) groups is 2. The van der Waals surface area contributed by atoms with E-state index in [1.807, 2.05) is 49.9 Å². The third-order valence-corrected chi connectivity index (χ3v) is 8.35. The minimum absolute atomic E-state index is 0.0488. The van der Waals surface area contributed by atoms with Crippen LogP contribution in [0, 0.1) is 17.8 Å². The Morgan fingerprint density at radius 3 is 2.46 bits per heavy atom. The SMILES string of the molecule is COCCOCOCC[C@]12[C@@H]3CCN(C(=O)OC(C)(C)C)[C@H]1[C@H](CO)C[C@H]3C(=O)N2Cc1ccc(OC)cc1. The first kappa shape index (κ1) is 29.6. The topological polar surface area (TPSA) is 107 Å². The Bertz CT molecular complexity index is 980. The van der Waals surface area contributed by atoms with Crippen molar-refractivity contribution in [3.63, 3.8) is 0 Å². The summed E-state index contributed by atoms with van der Waals surface area (Å²) in [5.41, 5.74) is -0.388. The summed E-state index contributed by atoms with van der Waals surface area (Å²) < 4.78 is 27.5. The normalized spacial score (nSPS) is 28.1. The van der Waals surface area contributed by atoms with E-state index in [9.17, 15) is 14.7 Å². The zero-order chi connectivity index (χ0) is 28.2. The molecule has 1 aliphatic carbocycles. The van der Waals surface area contributed by atoms with Crippen LogP contribution < -0.4 is 4.74 Å². The molecule has 1 saturated carbocycles. The fourth-order valence-corrected chi connectivity index (χ4v) is 6.89. The lowest BCUT2D eigenvalue weighted by Crippen LogP contribution is -2.71. The molecule has 1 aromatic rings. The Labute approximate surface area is 231 Å². The molecule has 0 unspecified atom stereocenters. The van der Waals surface area contributed by atoms with E-state index in [4.69, 9.17) is 23.7 Å². The summed E-state index contributed by atoms with van der Waals surface area (Å²) in [6.07, 6.45) is 1.35. The quantitative estimate of drug-likeness (QED) is 0.314. The molecular weight excluding hydrogens is 504 g/mol. The predicted molar refractivity (Wildman–Crippen MR) is 143 cm³/mol. The molecule has 2 saturated heterocycles. The minimum atomic E-state index is -0.699. The van der Waals surface area contributed by atoms with Crippen LogP contribution in [-0.4, -0.2) is 98.1 Å². The van der Waals surface area contributed by atoms with Crippen molar-refractivity contribution in [2.24, 2.45) is 17.8 Å². The Balaban J connectivity index is 1.68. The number of methoxy groups -OCH3 is 2. The highest BCUT2D eigenvalue weighted by Gasteiger charge is 2.69. The summed E-state index contributed by atoms with van der Waals surface area (Å²) in [6.45, 7) is 7.69. The minimum Gasteiger partial charge on any atom is -0.497 e. The molecule has 4 bridgehead atoms. The fourth-order valence-electron chi connectivity index (χ4n) is 6.89. The molecular formula is C29H44N2O8. The number of rotatable bonds is 12. The van der Waals surface area contributed by atoms with Crippen molar-refractivity contribution in [2.75, 3.05) is 54.0 Å². The molecule has 218 valence electrons. The Kier molecular flexibility index (Phi) is 9.41. The number of aliphatic hydroxyl groups is 1. The van der Waals surface area contributed by atoms with Gasteiger partial charge in [-0.15, -0.1) is 0 Å². The first-order chi connectivity index (χ1) is 18.7. The lowest BCUT2D eigenvalue weighted by molar-refractivity contribution is -0.141. The molecule has 1 aromatic carbocycles. The number of amides is 2. The lowest BCUT2D eigenvalue weighted by Gasteiger charge is -2.59.